The minimum atomic E-state index is -0.111. The number of carbonyl (C=O) groups excluding carboxylic acids is 1. The number of hydrogen-bond donors (Lipinski definition) is 1. The number of aromatic nitrogens is 2. The summed E-state index contributed by atoms with van der Waals surface area (Å²) in [7, 11) is 0. The zero-order valence-electron chi connectivity index (χ0n) is 17.6. The highest BCUT2D eigenvalue weighted by Crippen LogP contribution is 2.16. The van der Waals surface area contributed by atoms with Crippen molar-refractivity contribution in [3.8, 4) is 0 Å². The summed E-state index contributed by atoms with van der Waals surface area (Å²) in [6.07, 6.45) is 2.81. The quantitative estimate of drug-likeness (QED) is 0.657. The normalized spacial score (nSPS) is 12.3. The van der Waals surface area contributed by atoms with Gasteiger partial charge in [0.05, 0.1) is 23.3 Å². The standard InChI is InChI=1S/C24H29N3O2/c1-16(2)14-19-8-10-20(11-9-19)18(4)26-22(28)12-13-27-15-25-23-17(3)6-5-7-21(23)24(27)29/h5-11,15-16,18H,12-14H2,1-4H3,(H,26,28). The third kappa shape index (κ3) is 5.11. The number of nitrogens with one attached hydrogen (secondary N) is 1. The highest BCUT2D eigenvalue weighted by Gasteiger charge is 2.11. The van der Waals surface area contributed by atoms with Gasteiger partial charge in [-0.25, -0.2) is 4.98 Å². The van der Waals surface area contributed by atoms with Crippen LogP contribution in [-0.2, 0) is 17.8 Å². The summed E-state index contributed by atoms with van der Waals surface area (Å²) in [6, 6.07) is 13.9. The molecule has 0 saturated heterocycles. The smallest absolute Gasteiger partial charge is 0.261 e. The highest BCUT2D eigenvalue weighted by atomic mass is 16.2. The number of fused-ring (bicyclic) bond motifs is 1. The molecule has 2 aromatic carbocycles. The summed E-state index contributed by atoms with van der Waals surface area (Å²) in [5.41, 5.74) is 3.96. The van der Waals surface area contributed by atoms with Gasteiger partial charge >= 0.3 is 0 Å². The maximum Gasteiger partial charge on any atom is 0.261 e. The molecule has 3 aromatic rings. The summed E-state index contributed by atoms with van der Waals surface area (Å²) in [5, 5.41) is 3.60. The maximum absolute atomic E-state index is 12.6. The third-order valence-electron chi connectivity index (χ3n) is 5.14. The van der Waals surface area contributed by atoms with Crippen molar-refractivity contribution in [2.24, 2.45) is 5.92 Å². The summed E-state index contributed by atoms with van der Waals surface area (Å²) >= 11 is 0. The Morgan fingerprint density at radius 1 is 1.10 bits per heavy atom. The first-order valence-corrected chi connectivity index (χ1v) is 10.2. The molecule has 1 unspecified atom stereocenters. The zero-order valence-corrected chi connectivity index (χ0v) is 17.6. The first kappa shape index (κ1) is 20.8. The van der Waals surface area contributed by atoms with Gasteiger partial charge in [0.2, 0.25) is 5.91 Å². The first-order chi connectivity index (χ1) is 13.8. The van der Waals surface area contributed by atoms with E-state index in [1.807, 2.05) is 26.0 Å². The fourth-order valence-corrected chi connectivity index (χ4v) is 3.53. The number of carbonyl (C=O) groups is 1. The lowest BCUT2D eigenvalue weighted by Gasteiger charge is -2.15. The summed E-state index contributed by atoms with van der Waals surface area (Å²) < 4.78 is 1.51. The SMILES string of the molecule is Cc1cccc2c(=O)n(CCC(=O)NC(C)c3ccc(CC(C)C)cc3)cnc12. The summed E-state index contributed by atoms with van der Waals surface area (Å²) in [4.78, 5) is 29.4. The van der Waals surface area contributed by atoms with E-state index in [1.165, 1.54) is 16.5 Å². The van der Waals surface area contributed by atoms with E-state index >= 15 is 0 Å². The lowest BCUT2D eigenvalue weighted by Crippen LogP contribution is -2.29. The van der Waals surface area contributed by atoms with Gasteiger partial charge in [-0.15, -0.1) is 0 Å². The molecule has 3 rings (SSSR count). The van der Waals surface area contributed by atoms with Crippen molar-refractivity contribution in [2.75, 3.05) is 0 Å². The van der Waals surface area contributed by atoms with Crippen molar-refractivity contribution in [1.29, 1.82) is 0 Å². The first-order valence-electron chi connectivity index (χ1n) is 10.2. The van der Waals surface area contributed by atoms with E-state index in [9.17, 15) is 9.59 Å². The topological polar surface area (TPSA) is 64.0 Å². The predicted molar refractivity (Wildman–Crippen MR) is 117 cm³/mol. The largest absolute Gasteiger partial charge is 0.350 e. The molecule has 0 aliphatic carbocycles. The molecule has 1 heterocycles. The number of nitrogens with zero attached hydrogens (tertiary/aromatic N) is 2. The van der Waals surface area contributed by atoms with Gasteiger partial charge in [0.25, 0.3) is 5.56 Å². The molecular weight excluding hydrogens is 362 g/mol. The van der Waals surface area contributed by atoms with Crippen LogP contribution in [-0.4, -0.2) is 15.5 Å². The van der Waals surface area contributed by atoms with E-state index in [2.05, 4.69) is 48.4 Å². The van der Waals surface area contributed by atoms with Crippen molar-refractivity contribution in [3.63, 3.8) is 0 Å². The zero-order chi connectivity index (χ0) is 21.0. The molecule has 1 amide bonds. The third-order valence-corrected chi connectivity index (χ3v) is 5.14. The highest BCUT2D eigenvalue weighted by molar-refractivity contribution is 5.80. The molecule has 0 saturated carbocycles. The van der Waals surface area contributed by atoms with Gasteiger partial charge in [-0.05, 0) is 48.9 Å². The Kier molecular flexibility index (Phi) is 6.47. The van der Waals surface area contributed by atoms with Gasteiger partial charge < -0.3 is 5.32 Å². The molecule has 152 valence electrons. The fraction of sp³-hybridized carbons (Fsp3) is 0.375. The number of benzene rings is 2. The Balaban J connectivity index is 1.60. The van der Waals surface area contributed by atoms with Crippen LogP contribution in [0.15, 0.2) is 53.6 Å². The van der Waals surface area contributed by atoms with Crippen LogP contribution in [0.3, 0.4) is 0 Å². The predicted octanol–water partition coefficient (Wildman–Crippen LogP) is 4.17. The lowest BCUT2D eigenvalue weighted by atomic mass is 10.00. The Morgan fingerprint density at radius 2 is 1.83 bits per heavy atom. The Morgan fingerprint density at radius 3 is 2.52 bits per heavy atom. The average Bonchev–Trinajstić information content (AvgIpc) is 2.68. The minimum absolute atomic E-state index is 0.0790. The van der Waals surface area contributed by atoms with Crippen molar-refractivity contribution in [1.82, 2.24) is 14.9 Å². The van der Waals surface area contributed by atoms with E-state index in [0.717, 1.165) is 17.5 Å². The molecule has 29 heavy (non-hydrogen) atoms. The van der Waals surface area contributed by atoms with E-state index in [1.54, 1.807) is 6.07 Å². The molecule has 5 nitrogen and oxygen atoms in total. The van der Waals surface area contributed by atoms with Gasteiger partial charge in [0.15, 0.2) is 0 Å². The average molecular weight is 392 g/mol. The Labute approximate surface area is 171 Å². The molecule has 0 radical (unpaired) electrons. The van der Waals surface area contributed by atoms with Crippen LogP contribution in [0, 0.1) is 12.8 Å². The van der Waals surface area contributed by atoms with Crippen molar-refractivity contribution in [2.45, 2.75) is 53.1 Å². The molecular formula is C24H29N3O2. The second-order valence-electron chi connectivity index (χ2n) is 8.09. The summed E-state index contributed by atoms with van der Waals surface area (Å²) in [6.45, 7) is 8.62. The van der Waals surface area contributed by atoms with E-state index < -0.39 is 0 Å². The van der Waals surface area contributed by atoms with Gasteiger partial charge in [-0.3, -0.25) is 14.2 Å². The molecule has 0 spiro atoms. The number of aryl methyl sites for hydroxylation is 2. The Bertz CT molecular complexity index is 1050. The molecule has 1 aromatic heterocycles. The number of hydrogen-bond acceptors (Lipinski definition) is 3. The van der Waals surface area contributed by atoms with Crippen LogP contribution in [0.1, 0.15) is 49.9 Å². The van der Waals surface area contributed by atoms with E-state index in [4.69, 9.17) is 0 Å². The number of amides is 1. The minimum Gasteiger partial charge on any atom is -0.350 e. The van der Waals surface area contributed by atoms with Gasteiger partial charge in [0.1, 0.15) is 0 Å². The number of rotatable bonds is 7. The lowest BCUT2D eigenvalue weighted by molar-refractivity contribution is -0.121. The van der Waals surface area contributed by atoms with Crippen LogP contribution >= 0.6 is 0 Å². The molecule has 1 N–H and O–H groups in total. The van der Waals surface area contributed by atoms with Crippen LogP contribution in [0.4, 0.5) is 0 Å². The van der Waals surface area contributed by atoms with E-state index in [0.29, 0.717) is 23.4 Å². The van der Waals surface area contributed by atoms with Crippen LogP contribution in [0.25, 0.3) is 10.9 Å². The number of para-hydroxylation sites is 1. The summed E-state index contributed by atoms with van der Waals surface area (Å²) in [5.74, 6) is 0.537. The molecule has 0 fully saturated rings. The molecule has 0 aliphatic rings. The second kappa shape index (κ2) is 9.03. The molecule has 0 bridgehead atoms. The Hall–Kier alpha value is -2.95. The van der Waals surface area contributed by atoms with Crippen molar-refractivity contribution >= 4 is 16.8 Å². The van der Waals surface area contributed by atoms with E-state index in [-0.39, 0.29) is 23.9 Å². The monoisotopic (exact) mass is 391 g/mol. The van der Waals surface area contributed by atoms with Gasteiger partial charge in [-0.1, -0.05) is 50.2 Å². The van der Waals surface area contributed by atoms with Gasteiger partial charge in [-0.2, -0.15) is 0 Å². The van der Waals surface area contributed by atoms with Crippen molar-refractivity contribution in [3.05, 3.63) is 75.8 Å². The van der Waals surface area contributed by atoms with Crippen LogP contribution in [0.2, 0.25) is 0 Å². The van der Waals surface area contributed by atoms with Crippen LogP contribution in [0.5, 0.6) is 0 Å². The molecule has 0 aliphatic heterocycles. The maximum atomic E-state index is 12.6. The van der Waals surface area contributed by atoms with Gasteiger partial charge in [0, 0.05) is 13.0 Å². The van der Waals surface area contributed by atoms with Crippen molar-refractivity contribution < 1.29 is 4.79 Å². The van der Waals surface area contributed by atoms with Crippen LogP contribution < -0.4 is 10.9 Å². The fourth-order valence-electron chi connectivity index (χ4n) is 3.53. The second-order valence-corrected chi connectivity index (χ2v) is 8.09. The molecule has 1 atom stereocenters. The molecule has 5 heteroatoms.